The molecular weight excluding hydrogens is 320 g/mol. The molecule has 0 spiro atoms. The predicted molar refractivity (Wildman–Crippen MR) is 95.9 cm³/mol. The van der Waals surface area contributed by atoms with E-state index >= 15 is 0 Å². The van der Waals surface area contributed by atoms with Gasteiger partial charge in [-0.1, -0.05) is 12.1 Å². The van der Waals surface area contributed by atoms with Crippen LogP contribution in [0.1, 0.15) is 15.2 Å². The van der Waals surface area contributed by atoms with E-state index in [1.165, 1.54) is 11.3 Å². The molecule has 1 N–H and O–H groups in total. The molecule has 4 aromatic rings. The number of nitrogens with one attached hydrogen (secondary N) is 1. The van der Waals surface area contributed by atoms with Gasteiger partial charge < -0.3 is 5.32 Å². The molecule has 0 fully saturated rings. The van der Waals surface area contributed by atoms with E-state index in [2.05, 4.69) is 15.3 Å². The predicted octanol–water partition coefficient (Wildman–Crippen LogP) is 4.04. The number of thiophene rings is 1. The smallest absolute Gasteiger partial charge is 0.265 e. The van der Waals surface area contributed by atoms with Gasteiger partial charge in [-0.05, 0) is 42.1 Å². The van der Waals surface area contributed by atoms with Gasteiger partial charge in [0.2, 0.25) is 0 Å². The zero-order valence-corrected chi connectivity index (χ0v) is 13.7. The van der Waals surface area contributed by atoms with Gasteiger partial charge in [0.05, 0.1) is 16.1 Å². The lowest BCUT2D eigenvalue weighted by molar-refractivity contribution is 0.103. The summed E-state index contributed by atoms with van der Waals surface area (Å²) in [6, 6.07) is 11.6. The molecule has 0 unspecified atom stereocenters. The second-order valence-corrected chi connectivity index (χ2v) is 6.37. The van der Waals surface area contributed by atoms with Crippen molar-refractivity contribution in [3.05, 3.63) is 70.9 Å². The molecule has 0 radical (unpaired) electrons. The molecule has 0 aliphatic heterocycles. The normalized spacial score (nSPS) is 10.9. The fourth-order valence-corrected chi connectivity index (χ4v) is 3.30. The molecule has 6 heteroatoms. The van der Waals surface area contributed by atoms with Crippen molar-refractivity contribution in [1.82, 2.24) is 14.5 Å². The van der Waals surface area contributed by atoms with E-state index < -0.39 is 0 Å². The van der Waals surface area contributed by atoms with Crippen molar-refractivity contribution in [2.75, 3.05) is 5.32 Å². The standard InChI is InChI=1S/C18H14N4OS/c1-12-9-15(24-10-12)18(23)20-14-4-2-3-13-5-6-16(21-17(13)14)22-8-7-19-11-22/h2-11H,1H3,(H,20,23). The van der Waals surface area contributed by atoms with E-state index in [9.17, 15) is 4.79 Å². The average molecular weight is 334 g/mol. The van der Waals surface area contributed by atoms with Gasteiger partial charge in [0, 0.05) is 17.8 Å². The van der Waals surface area contributed by atoms with Crippen LogP contribution in [0.25, 0.3) is 16.7 Å². The van der Waals surface area contributed by atoms with E-state index in [0.29, 0.717) is 10.6 Å². The quantitative estimate of drug-likeness (QED) is 0.615. The zero-order valence-electron chi connectivity index (χ0n) is 12.9. The lowest BCUT2D eigenvalue weighted by atomic mass is 10.2. The topological polar surface area (TPSA) is 59.8 Å². The first kappa shape index (κ1) is 14.6. The molecule has 4 rings (SSSR count). The molecule has 0 aliphatic rings. The summed E-state index contributed by atoms with van der Waals surface area (Å²) >= 11 is 1.44. The van der Waals surface area contributed by atoms with Crippen molar-refractivity contribution in [3.8, 4) is 5.82 Å². The summed E-state index contributed by atoms with van der Waals surface area (Å²) < 4.78 is 1.83. The number of imidazole rings is 1. The molecule has 3 aromatic heterocycles. The number of fused-ring (bicyclic) bond motifs is 1. The Morgan fingerprint density at radius 3 is 2.92 bits per heavy atom. The van der Waals surface area contributed by atoms with Crippen LogP contribution in [-0.2, 0) is 0 Å². The summed E-state index contributed by atoms with van der Waals surface area (Å²) in [6.45, 7) is 1.98. The number of carbonyl (C=O) groups is 1. The van der Waals surface area contributed by atoms with Crippen molar-refractivity contribution in [2.45, 2.75) is 6.92 Å². The first-order valence-electron chi connectivity index (χ1n) is 7.45. The molecule has 5 nitrogen and oxygen atoms in total. The Labute approximate surface area is 142 Å². The first-order valence-corrected chi connectivity index (χ1v) is 8.33. The third kappa shape index (κ3) is 2.68. The second-order valence-electron chi connectivity index (χ2n) is 5.46. The minimum absolute atomic E-state index is 0.115. The number of carbonyl (C=O) groups excluding carboxylic acids is 1. The maximum atomic E-state index is 12.4. The van der Waals surface area contributed by atoms with Crippen LogP contribution in [-0.4, -0.2) is 20.4 Å². The van der Waals surface area contributed by atoms with E-state index in [1.807, 2.05) is 59.5 Å². The number of benzene rings is 1. The van der Waals surface area contributed by atoms with Crippen molar-refractivity contribution >= 4 is 33.8 Å². The summed E-state index contributed by atoms with van der Waals surface area (Å²) in [4.78, 5) is 21.9. The highest BCUT2D eigenvalue weighted by Crippen LogP contribution is 2.24. The second kappa shape index (κ2) is 5.90. The summed E-state index contributed by atoms with van der Waals surface area (Å²) in [5, 5.41) is 5.91. The van der Waals surface area contributed by atoms with Crippen LogP contribution < -0.4 is 5.32 Å². The van der Waals surface area contributed by atoms with Gasteiger partial charge in [0.1, 0.15) is 12.1 Å². The van der Waals surface area contributed by atoms with Gasteiger partial charge in [0.25, 0.3) is 5.91 Å². The van der Waals surface area contributed by atoms with Gasteiger partial charge in [-0.2, -0.15) is 0 Å². The van der Waals surface area contributed by atoms with Crippen molar-refractivity contribution < 1.29 is 4.79 Å². The molecule has 0 bridgehead atoms. The molecule has 118 valence electrons. The SMILES string of the molecule is Cc1csc(C(=O)Nc2cccc3ccc(-n4ccnc4)nc23)c1. The number of hydrogen-bond donors (Lipinski definition) is 1. The molecule has 1 aromatic carbocycles. The Balaban J connectivity index is 1.74. The summed E-state index contributed by atoms with van der Waals surface area (Å²) in [5.74, 6) is 0.643. The van der Waals surface area contributed by atoms with Crippen LogP contribution >= 0.6 is 11.3 Å². The van der Waals surface area contributed by atoms with Crippen LogP contribution in [0.2, 0.25) is 0 Å². The summed E-state index contributed by atoms with van der Waals surface area (Å²) in [5.41, 5.74) is 2.54. The van der Waals surface area contributed by atoms with E-state index in [-0.39, 0.29) is 5.91 Å². The van der Waals surface area contributed by atoms with Crippen molar-refractivity contribution in [2.24, 2.45) is 0 Å². The van der Waals surface area contributed by atoms with Gasteiger partial charge in [-0.15, -0.1) is 11.3 Å². The number of aryl methyl sites for hydroxylation is 1. The Hall–Kier alpha value is -2.99. The Kier molecular flexibility index (Phi) is 3.59. The van der Waals surface area contributed by atoms with Gasteiger partial charge >= 0.3 is 0 Å². The minimum atomic E-state index is -0.115. The lowest BCUT2D eigenvalue weighted by Gasteiger charge is -2.09. The number of pyridine rings is 1. The molecule has 0 saturated heterocycles. The summed E-state index contributed by atoms with van der Waals surface area (Å²) in [7, 11) is 0. The van der Waals surface area contributed by atoms with Gasteiger partial charge in [-0.3, -0.25) is 9.36 Å². The number of para-hydroxylation sites is 1. The largest absolute Gasteiger partial charge is 0.319 e. The fourth-order valence-electron chi connectivity index (χ4n) is 2.51. The van der Waals surface area contributed by atoms with Crippen molar-refractivity contribution in [3.63, 3.8) is 0 Å². The number of nitrogens with zero attached hydrogens (tertiary/aromatic N) is 3. The molecule has 0 saturated carbocycles. The Bertz CT molecular complexity index is 1020. The fraction of sp³-hybridized carbons (Fsp3) is 0.0556. The molecular formula is C18H14N4OS. The zero-order chi connectivity index (χ0) is 16.5. The number of anilines is 1. The summed E-state index contributed by atoms with van der Waals surface area (Å²) in [6.07, 6.45) is 5.24. The number of hydrogen-bond acceptors (Lipinski definition) is 4. The van der Waals surface area contributed by atoms with E-state index in [4.69, 9.17) is 0 Å². The number of rotatable bonds is 3. The average Bonchev–Trinajstić information content (AvgIpc) is 3.26. The maximum Gasteiger partial charge on any atom is 0.265 e. The Morgan fingerprint density at radius 1 is 1.25 bits per heavy atom. The first-order chi connectivity index (χ1) is 11.7. The molecule has 3 heterocycles. The van der Waals surface area contributed by atoms with Crippen LogP contribution in [0.15, 0.2) is 60.5 Å². The number of amides is 1. The van der Waals surface area contributed by atoms with Crippen LogP contribution in [0.4, 0.5) is 5.69 Å². The lowest BCUT2D eigenvalue weighted by Crippen LogP contribution is -2.11. The third-order valence-corrected chi connectivity index (χ3v) is 4.72. The molecule has 1 amide bonds. The van der Waals surface area contributed by atoms with Crippen molar-refractivity contribution in [1.29, 1.82) is 0 Å². The highest BCUT2D eigenvalue weighted by atomic mass is 32.1. The molecule has 0 atom stereocenters. The van der Waals surface area contributed by atoms with Crippen LogP contribution in [0.5, 0.6) is 0 Å². The third-order valence-electron chi connectivity index (χ3n) is 3.68. The Morgan fingerprint density at radius 2 is 2.17 bits per heavy atom. The highest BCUT2D eigenvalue weighted by molar-refractivity contribution is 7.12. The van der Waals surface area contributed by atoms with Crippen LogP contribution in [0, 0.1) is 6.92 Å². The molecule has 24 heavy (non-hydrogen) atoms. The van der Waals surface area contributed by atoms with E-state index in [1.54, 1.807) is 12.5 Å². The van der Waals surface area contributed by atoms with E-state index in [0.717, 1.165) is 22.3 Å². The monoisotopic (exact) mass is 334 g/mol. The molecule has 0 aliphatic carbocycles. The minimum Gasteiger partial charge on any atom is -0.319 e. The van der Waals surface area contributed by atoms with Crippen LogP contribution in [0.3, 0.4) is 0 Å². The number of aromatic nitrogens is 3. The maximum absolute atomic E-state index is 12.4. The van der Waals surface area contributed by atoms with Gasteiger partial charge in [-0.25, -0.2) is 9.97 Å². The highest BCUT2D eigenvalue weighted by Gasteiger charge is 2.11. The van der Waals surface area contributed by atoms with Gasteiger partial charge in [0.15, 0.2) is 0 Å².